The van der Waals surface area contributed by atoms with Crippen LogP contribution in [0.4, 0.5) is 0 Å². The molecular formula is C10H11ClO3S. The summed E-state index contributed by atoms with van der Waals surface area (Å²) in [5, 5.41) is 8.69. The summed E-state index contributed by atoms with van der Waals surface area (Å²) >= 11 is 6.55. The standard InChI is InChI=1S/C10H11ClO3S/c1-6-7(5-9(12)13)3-4-8(15-14)10(6,2)11/h3-4H,5H2,1-2H3,(H,12,13). The zero-order valence-electron chi connectivity index (χ0n) is 8.41. The smallest absolute Gasteiger partial charge is 0.307 e. The summed E-state index contributed by atoms with van der Waals surface area (Å²) in [7, 11) is 0. The minimum atomic E-state index is -0.903. The van der Waals surface area contributed by atoms with Crippen molar-refractivity contribution in [2.45, 2.75) is 25.1 Å². The molecule has 0 aromatic rings. The predicted molar refractivity (Wildman–Crippen MR) is 61.5 cm³/mol. The maximum absolute atomic E-state index is 10.8. The van der Waals surface area contributed by atoms with Crippen molar-refractivity contribution in [2.75, 3.05) is 0 Å². The topological polar surface area (TPSA) is 54.4 Å². The summed E-state index contributed by atoms with van der Waals surface area (Å²) in [6.45, 7) is 3.46. The van der Waals surface area contributed by atoms with Crippen LogP contribution in [0.5, 0.6) is 0 Å². The Bertz CT molecular complexity index is 414. The molecule has 0 aromatic heterocycles. The molecule has 0 aliphatic heterocycles. The van der Waals surface area contributed by atoms with E-state index in [0.29, 0.717) is 21.7 Å². The van der Waals surface area contributed by atoms with Gasteiger partial charge in [0.15, 0.2) is 0 Å². The van der Waals surface area contributed by atoms with Crippen molar-refractivity contribution in [3.05, 3.63) is 23.3 Å². The van der Waals surface area contributed by atoms with Gasteiger partial charge in [-0.05, 0) is 31.1 Å². The summed E-state index contributed by atoms with van der Waals surface area (Å²) in [6.07, 6.45) is 3.17. The molecule has 1 rings (SSSR count). The number of alkyl halides is 1. The Hall–Kier alpha value is -0.870. The van der Waals surface area contributed by atoms with Crippen molar-refractivity contribution >= 4 is 33.7 Å². The highest BCUT2D eigenvalue weighted by molar-refractivity contribution is 7.67. The molecule has 0 radical (unpaired) electrons. The van der Waals surface area contributed by atoms with Crippen LogP contribution in [0.25, 0.3) is 0 Å². The third kappa shape index (κ3) is 2.38. The van der Waals surface area contributed by atoms with E-state index in [4.69, 9.17) is 16.7 Å². The largest absolute Gasteiger partial charge is 0.481 e. The molecule has 0 heterocycles. The molecule has 0 bridgehead atoms. The van der Waals surface area contributed by atoms with E-state index < -0.39 is 10.8 Å². The lowest BCUT2D eigenvalue weighted by Gasteiger charge is -2.27. The van der Waals surface area contributed by atoms with E-state index in [9.17, 15) is 9.00 Å². The third-order valence-electron chi connectivity index (χ3n) is 2.52. The quantitative estimate of drug-likeness (QED) is 0.596. The lowest BCUT2D eigenvalue weighted by atomic mass is 9.87. The van der Waals surface area contributed by atoms with Crippen LogP contribution in [-0.2, 0) is 16.1 Å². The normalized spacial score (nSPS) is 25.7. The summed E-state index contributed by atoms with van der Waals surface area (Å²) in [4.78, 5) is 10.2. The molecule has 1 aliphatic carbocycles. The molecule has 1 aliphatic rings. The molecule has 3 nitrogen and oxygen atoms in total. The average molecular weight is 247 g/mol. The number of hydrogen-bond donors (Lipinski definition) is 1. The second kappa shape index (κ2) is 4.33. The van der Waals surface area contributed by atoms with E-state index in [1.807, 2.05) is 0 Å². The minimum Gasteiger partial charge on any atom is -0.481 e. The second-order valence-corrected chi connectivity index (χ2v) is 4.87. The van der Waals surface area contributed by atoms with E-state index >= 15 is 0 Å². The van der Waals surface area contributed by atoms with Crippen LogP contribution in [0.15, 0.2) is 23.3 Å². The van der Waals surface area contributed by atoms with Crippen molar-refractivity contribution in [3.8, 4) is 0 Å². The van der Waals surface area contributed by atoms with Gasteiger partial charge in [0.1, 0.15) is 4.87 Å². The number of carbonyl (C=O) groups is 1. The zero-order valence-corrected chi connectivity index (χ0v) is 9.98. The Morgan fingerprint density at radius 3 is 2.67 bits per heavy atom. The number of carboxylic acid groups (broad SMARTS) is 1. The lowest BCUT2D eigenvalue weighted by Crippen LogP contribution is -2.32. The number of aliphatic carboxylic acids is 1. The molecular weight excluding hydrogens is 236 g/mol. The number of halogens is 1. The highest BCUT2D eigenvalue weighted by Gasteiger charge is 2.32. The first-order valence-corrected chi connectivity index (χ1v) is 5.47. The second-order valence-electron chi connectivity index (χ2n) is 3.50. The maximum atomic E-state index is 10.8. The van der Waals surface area contributed by atoms with E-state index in [2.05, 4.69) is 0 Å². The van der Waals surface area contributed by atoms with Gasteiger partial charge in [-0.25, -0.2) is 4.21 Å². The van der Waals surface area contributed by atoms with Crippen LogP contribution >= 0.6 is 11.6 Å². The number of allylic oxidation sites excluding steroid dienone is 3. The molecule has 5 heteroatoms. The maximum Gasteiger partial charge on any atom is 0.307 e. The molecule has 1 unspecified atom stereocenters. The molecule has 0 fully saturated rings. The van der Waals surface area contributed by atoms with Gasteiger partial charge in [0.05, 0.1) is 22.5 Å². The van der Waals surface area contributed by atoms with Crippen molar-refractivity contribution in [1.82, 2.24) is 0 Å². The van der Waals surface area contributed by atoms with Crippen LogP contribution in [0.2, 0.25) is 0 Å². The summed E-state index contributed by atoms with van der Waals surface area (Å²) in [6, 6.07) is 0. The van der Waals surface area contributed by atoms with Gasteiger partial charge in [0, 0.05) is 0 Å². The van der Waals surface area contributed by atoms with E-state index in [1.165, 1.54) is 0 Å². The molecule has 0 spiro atoms. The fourth-order valence-corrected chi connectivity index (χ4v) is 2.12. The van der Waals surface area contributed by atoms with Gasteiger partial charge >= 0.3 is 5.97 Å². The Kier molecular flexibility index (Phi) is 3.52. The first kappa shape index (κ1) is 12.2. The van der Waals surface area contributed by atoms with Crippen molar-refractivity contribution in [1.29, 1.82) is 0 Å². The monoisotopic (exact) mass is 246 g/mol. The van der Waals surface area contributed by atoms with Gasteiger partial charge in [0.2, 0.25) is 0 Å². The van der Waals surface area contributed by atoms with Gasteiger partial charge < -0.3 is 5.11 Å². The van der Waals surface area contributed by atoms with Crippen LogP contribution in [-0.4, -0.2) is 25.0 Å². The highest BCUT2D eigenvalue weighted by Crippen LogP contribution is 2.33. The fraction of sp³-hybridized carbons (Fsp3) is 0.400. The summed E-state index contributed by atoms with van der Waals surface area (Å²) in [5.41, 5.74) is 1.39. The molecule has 0 aromatic carbocycles. The fourth-order valence-electron chi connectivity index (χ4n) is 1.40. The van der Waals surface area contributed by atoms with Crippen LogP contribution in [0, 0.1) is 0 Å². The Morgan fingerprint density at radius 1 is 1.60 bits per heavy atom. The Labute approximate surface area is 96.5 Å². The van der Waals surface area contributed by atoms with Crippen molar-refractivity contribution in [2.24, 2.45) is 0 Å². The van der Waals surface area contributed by atoms with Crippen LogP contribution in [0.3, 0.4) is 0 Å². The van der Waals surface area contributed by atoms with Gasteiger partial charge in [-0.3, -0.25) is 4.79 Å². The average Bonchev–Trinajstić information content (AvgIpc) is 2.13. The first-order valence-electron chi connectivity index (χ1n) is 4.36. The van der Waals surface area contributed by atoms with Crippen LogP contribution < -0.4 is 0 Å². The Morgan fingerprint density at radius 2 is 2.20 bits per heavy atom. The SMILES string of the molecule is CC1=C(CC(=O)O)C=CC(=S=O)C1(C)Cl. The third-order valence-corrected chi connectivity index (χ3v) is 3.84. The van der Waals surface area contributed by atoms with Gasteiger partial charge in [0.25, 0.3) is 0 Å². The summed E-state index contributed by atoms with van der Waals surface area (Å²) in [5.74, 6) is -0.903. The predicted octanol–water partition coefficient (Wildman–Crippen LogP) is 1.73. The molecule has 82 valence electrons. The number of rotatable bonds is 2. The van der Waals surface area contributed by atoms with Crippen molar-refractivity contribution < 1.29 is 14.1 Å². The summed E-state index contributed by atoms with van der Waals surface area (Å²) < 4.78 is 10.8. The molecule has 1 atom stereocenters. The minimum absolute atomic E-state index is 0.0680. The van der Waals surface area contributed by atoms with Gasteiger partial charge in [-0.15, -0.1) is 11.6 Å². The molecule has 0 saturated heterocycles. The molecule has 15 heavy (non-hydrogen) atoms. The van der Waals surface area contributed by atoms with E-state index in [0.717, 1.165) is 5.57 Å². The number of hydrogen-bond acceptors (Lipinski definition) is 2. The van der Waals surface area contributed by atoms with Gasteiger partial charge in [-0.1, -0.05) is 6.08 Å². The molecule has 0 saturated carbocycles. The van der Waals surface area contributed by atoms with Gasteiger partial charge in [-0.2, -0.15) is 0 Å². The Balaban J connectivity index is 3.18. The lowest BCUT2D eigenvalue weighted by molar-refractivity contribution is -0.136. The zero-order chi connectivity index (χ0) is 11.6. The molecule has 1 N–H and O–H groups in total. The van der Waals surface area contributed by atoms with E-state index in [-0.39, 0.29) is 6.42 Å². The molecule has 0 amide bonds. The van der Waals surface area contributed by atoms with E-state index in [1.54, 1.807) is 26.0 Å². The highest BCUT2D eigenvalue weighted by atomic mass is 35.5. The number of carboxylic acids is 1. The first-order chi connectivity index (χ1) is 6.89. The van der Waals surface area contributed by atoms with Crippen molar-refractivity contribution in [3.63, 3.8) is 0 Å². The van der Waals surface area contributed by atoms with Crippen LogP contribution in [0.1, 0.15) is 20.3 Å².